The number of aryl methyl sites for hydroxylation is 3. The maximum absolute atomic E-state index is 13.5. The number of rotatable bonds is 20. The minimum atomic E-state index is -1.61. The van der Waals surface area contributed by atoms with Crippen molar-refractivity contribution in [1.29, 1.82) is 0 Å². The number of carbonyl (C=O) groups is 6. The molecule has 0 bridgehead atoms. The first-order valence-electron chi connectivity index (χ1n) is 19.8. The van der Waals surface area contributed by atoms with Crippen LogP contribution in [0.3, 0.4) is 0 Å². The largest absolute Gasteiger partial charge is 0.324 e. The molecule has 65 heavy (non-hydrogen) atoms. The normalized spacial score (nSPS) is 12.1. The predicted molar refractivity (Wildman–Crippen MR) is 257 cm³/mol. The summed E-state index contributed by atoms with van der Waals surface area (Å²) in [7, 11) is 0. The molecule has 5 aromatic rings. The molecule has 0 heterocycles. The highest BCUT2D eigenvalue weighted by Crippen LogP contribution is 2.30. The molecule has 0 aliphatic carbocycles. The second-order valence-corrected chi connectivity index (χ2v) is 16.2. The molecule has 0 aliphatic rings. The van der Waals surface area contributed by atoms with Gasteiger partial charge in [-0.05, 0) is 129 Å². The van der Waals surface area contributed by atoms with Crippen LogP contribution >= 0.6 is 58.0 Å². The van der Waals surface area contributed by atoms with Crippen LogP contribution < -0.4 is 21.3 Å². The molecule has 336 valence electrons. The Kier molecular flexibility index (Phi) is 18.7. The van der Waals surface area contributed by atoms with Gasteiger partial charge in [-0.25, -0.2) is 0 Å². The van der Waals surface area contributed by atoms with Gasteiger partial charge >= 0.3 is 0 Å². The number of azo groups is 2. The standard InChI is InChI=1S/C46H41Cl5N8O6/c1-26(60)41(58-56-39-24-31(7-14-36(39)50)43(62)52-33-9-3-28(4-10-33)17-20-47)45(64)54-35-13-16-38(30(23-35)19-22-49)55-46(65)42(27(2)61)59-57-40-25-32(8-15-37(40)51)44(63)53-34-11-5-29(6-12-34)18-21-48/h3-16,23-25,41-42H,17-22H2,1-2H3,(H,52,62)(H,53,63)(H,54,64)(H,55,65). The lowest BCUT2D eigenvalue weighted by Crippen LogP contribution is -2.32. The van der Waals surface area contributed by atoms with E-state index in [1.807, 2.05) is 24.3 Å². The highest BCUT2D eigenvalue weighted by molar-refractivity contribution is 6.33. The number of hydrogen-bond donors (Lipinski definition) is 4. The number of alkyl halides is 3. The molecule has 0 radical (unpaired) electrons. The van der Waals surface area contributed by atoms with Crippen LogP contribution in [-0.2, 0) is 38.4 Å². The van der Waals surface area contributed by atoms with Crippen LogP contribution in [-0.4, -0.2) is 64.9 Å². The van der Waals surface area contributed by atoms with Crippen LogP contribution in [0.15, 0.2) is 124 Å². The van der Waals surface area contributed by atoms with E-state index in [9.17, 15) is 28.8 Å². The smallest absolute Gasteiger partial charge is 0.258 e. The molecule has 0 spiro atoms. The van der Waals surface area contributed by atoms with Crippen molar-refractivity contribution in [2.75, 3.05) is 38.9 Å². The summed E-state index contributed by atoms with van der Waals surface area (Å²) in [5.74, 6) is -2.78. The monoisotopic (exact) mass is 976 g/mol. The number of amides is 4. The second kappa shape index (κ2) is 24.3. The van der Waals surface area contributed by atoms with Gasteiger partial charge in [0.05, 0.1) is 10.0 Å². The van der Waals surface area contributed by atoms with Crippen LogP contribution in [0.5, 0.6) is 0 Å². The van der Waals surface area contributed by atoms with E-state index in [0.717, 1.165) is 11.1 Å². The van der Waals surface area contributed by atoms with Gasteiger partial charge < -0.3 is 21.3 Å². The minimum absolute atomic E-state index is 0.0440. The van der Waals surface area contributed by atoms with Crippen LogP contribution in [0.25, 0.3) is 0 Å². The van der Waals surface area contributed by atoms with E-state index in [2.05, 4.69) is 41.7 Å². The van der Waals surface area contributed by atoms with Crippen LogP contribution in [0.2, 0.25) is 10.0 Å². The molecule has 2 atom stereocenters. The Morgan fingerprint density at radius 3 is 1.32 bits per heavy atom. The summed E-state index contributed by atoms with van der Waals surface area (Å²) in [6.45, 7) is 2.33. The number of ketones is 2. The lowest BCUT2D eigenvalue weighted by Gasteiger charge is -2.15. The molecule has 4 amide bonds. The van der Waals surface area contributed by atoms with E-state index in [1.54, 1.807) is 24.3 Å². The van der Waals surface area contributed by atoms with Crippen molar-refractivity contribution in [2.24, 2.45) is 20.5 Å². The first kappa shape index (κ1) is 50.0. The average molecular weight is 979 g/mol. The van der Waals surface area contributed by atoms with Gasteiger partial charge in [0.1, 0.15) is 11.4 Å². The Morgan fingerprint density at radius 1 is 0.492 bits per heavy atom. The lowest BCUT2D eigenvalue weighted by atomic mass is 10.1. The highest BCUT2D eigenvalue weighted by atomic mass is 35.5. The van der Waals surface area contributed by atoms with Crippen molar-refractivity contribution < 1.29 is 28.8 Å². The van der Waals surface area contributed by atoms with Crippen LogP contribution in [0.4, 0.5) is 34.1 Å². The Morgan fingerprint density at radius 2 is 0.908 bits per heavy atom. The molecule has 5 aromatic carbocycles. The second-order valence-electron chi connectivity index (χ2n) is 14.3. The number of nitrogens with one attached hydrogen (secondary N) is 4. The Balaban J connectivity index is 1.26. The number of hydrogen-bond acceptors (Lipinski definition) is 10. The fourth-order valence-corrected chi connectivity index (χ4v) is 6.94. The van der Waals surface area contributed by atoms with Gasteiger partial charge in [-0.1, -0.05) is 47.5 Å². The quantitative estimate of drug-likeness (QED) is 0.0340. The molecule has 0 fully saturated rings. The fourth-order valence-electron chi connectivity index (χ4n) is 5.99. The average Bonchev–Trinajstić information content (AvgIpc) is 3.27. The molecule has 19 heteroatoms. The van der Waals surface area contributed by atoms with Crippen molar-refractivity contribution in [1.82, 2.24) is 0 Å². The zero-order valence-corrected chi connectivity index (χ0v) is 38.6. The summed E-state index contributed by atoms with van der Waals surface area (Å²) in [5, 5.41) is 27.2. The van der Waals surface area contributed by atoms with Crippen molar-refractivity contribution in [3.63, 3.8) is 0 Å². The van der Waals surface area contributed by atoms with Crippen molar-refractivity contribution in [3.8, 4) is 0 Å². The summed E-state index contributed by atoms with van der Waals surface area (Å²) in [6, 6.07) is 24.3. The van der Waals surface area contributed by atoms with E-state index >= 15 is 0 Å². The zero-order valence-electron chi connectivity index (χ0n) is 34.8. The molecule has 14 nitrogen and oxygen atoms in total. The lowest BCUT2D eigenvalue weighted by molar-refractivity contribution is -0.127. The molecule has 2 unspecified atom stereocenters. The van der Waals surface area contributed by atoms with Crippen molar-refractivity contribution in [2.45, 2.75) is 45.2 Å². The van der Waals surface area contributed by atoms with E-state index < -0.39 is 47.3 Å². The molecule has 0 saturated carbocycles. The maximum atomic E-state index is 13.5. The number of nitrogens with zero attached hydrogens (tertiary/aromatic N) is 4. The van der Waals surface area contributed by atoms with Gasteiger partial charge in [-0.3, -0.25) is 28.8 Å². The zero-order chi connectivity index (χ0) is 47.0. The predicted octanol–water partition coefficient (Wildman–Crippen LogP) is 11.2. The third-order valence-corrected chi connectivity index (χ3v) is 10.6. The topological polar surface area (TPSA) is 200 Å². The summed E-state index contributed by atoms with van der Waals surface area (Å²) < 4.78 is 0. The Hall–Kier alpha value is -6.03. The maximum Gasteiger partial charge on any atom is 0.258 e. The number of anilines is 4. The van der Waals surface area contributed by atoms with Crippen molar-refractivity contribution >= 4 is 127 Å². The number of Topliss-reactive ketones (excluding diaryl/α,β-unsaturated/α-hetero) is 2. The van der Waals surface area contributed by atoms with Gasteiger partial charge in [0.25, 0.3) is 23.6 Å². The highest BCUT2D eigenvalue weighted by Gasteiger charge is 2.26. The van der Waals surface area contributed by atoms with E-state index in [0.29, 0.717) is 41.5 Å². The minimum Gasteiger partial charge on any atom is -0.324 e. The number of carbonyl (C=O) groups excluding carboxylic acids is 6. The number of benzene rings is 5. The van der Waals surface area contributed by atoms with Gasteiger partial charge in [0.2, 0.25) is 12.1 Å². The molecule has 0 saturated heterocycles. The molecular formula is C46H41Cl5N8O6. The molecule has 5 rings (SSSR count). The Labute approximate surface area is 399 Å². The van der Waals surface area contributed by atoms with E-state index in [-0.39, 0.29) is 56.2 Å². The van der Waals surface area contributed by atoms with E-state index in [1.165, 1.54) is 68.4 Å². The SMILES string of the molecule is CC(=O)C(N=Nc1cc(C(=O)Nc2ccc(CCCl)cc2)ccc1Cl)C(=O)Nc1ccc(NC(=O)C(N=Nc2cc(C(=O)Nc3ccc(CCCl)cc3)ccc2Cl)C(C)=O)c(CCCl)c1. The van der Waals surface area contributed by atoms with Gasteiger partial charge in [-0.15, -0.1) is 34.8 Å². The third kappa shape index (κ3) is 14.5. The summed E-state index contributed by atoms with van der Waals surface area (Å²) in [4.78, 5) is 78.2. The van der Waals surface area contributed by atoms with Gasteiger partial charge in [0.15, 0.2) is 11.6 Å². The van der Waals surface area contributed by atoms with Crippen LogP contribution in [0.1, 0.15) is 51.3 Å². The number of halogens is 5. The van der Waals surface area contributed by atoms with E-state index in [4.69, 9.17) is 58.0 Å². The summed E-state index contributed by atoms with van der Waals surface area (Å²) in [5.41, 5.74) is 4.59. The van der Waals surface area contributed by atoms with Crippen LogP contribution in [0, 0.1) is 0 Å². The first-order chi connectivity index (χ1) is 31.2. The fraction of sp³-hybridized carbons (Fsp3) is 0.217. The Bertz CT molecular complexity index is 2630. The molecular weight excluding hydrogens is 938 g/mol. The molecule has 4 N–H and O–H groups in total. The molecule has 0 aromatic heterocycles. The first-order valence-corrected chi connectivity index (χ1v) is 22.2. The van der Waals surface area contributed by atoms with Gasteiger partial charge in [-0.2, -0.15) is 20.5 Å². The molecule has 0 aliphatic heterocycles. The summed E-state index contributed by atoms with van der Waals surface area (Å²) >= 11 is 30.4. The summed E-state index contributed by atoms with van der Waals surface area (Å²) in [6.07, 6.45) is 1.59. The van der Waals surface area contributed by atoms with Gasteiger partial charge in [0, 0.05) is 51.5 Å². The van der Waals surface area contributed by atoms with Crippen molar-refractivity contribution in [3.05, 3.63) is 141 Å². The third-order valence-electron chi connectivity index (χ3n) is 9.43.